The van der Waals surface area contributed by atoms with Gasteiger partial charge in [0, 0.05) is 18.7 Å². The summed E-state index contributed by atoms with van der Waals surface area (Å²) in [6, 6.07) is 15.9. The molecule has 4 aromatic rings. The van der Waals surface area contributed by atoms with Gasteiger partial charge in [0.05, 0.1) is 26.3 Å². The molecule has 13 heteroatoms. The fourth-order valence-corrected chi connectivity index (χ4v) is 4.62. The van der Waals surface area contributed by atoms with Crippen molar-refractivity contribution in [3.63, 3.8) is 0 Å². The second kappa shape index (κ2) is 9.77. The van der Waals surface area contributed by atoms with Crippen molar-refractivity contribution in [3.8, 4) is 0 Å². The molecule has 0 saturated carbocycles. The third-order valence-corrected chi connectivity index (χ3v) is 6.37. The number of hydrogen-bond acceptors (Lipinski definition) is 7. The van der Waals surface area contributed by atoms with E-state index in [1.54, 1.807) is 30.3 Å². The lowest BCUT2D eigenvalue weighted by Crippen LogP contribution is -2.24. The summed E-state index contributed by atoms with van der Waals surface area (Å²) >= 11 is 0.409. The molecule has 0 N–H and O–H groups in total. The summed E-state index contributed by atoms with van der Waals surface area (Å²) < 4.78 is 41.0. The highest BCUT2D eigenvalue weighted by molar-refractivity contribution is 7.99. The summed E-state index contributed by atoms with van der Waals surface area (Å²) in [6.07, 6.45) is -4.68. The number of hydrogen-bond donors (Lipinski definition) is 0. The number of nitrogens with zero attached hydrogens (tertiary/aromatic N) is 4. The lowest BCUT2D eigenvalue weighted by Gasteiger charge is -2.14. The molecule has 184 valence electrons. The Morgan fingerprint density at radius 3 is 2.08 bits per heavy atom. The Morgan fingerprint density at radius 1 is 0.917 bits per heavy atom. The molecule has 1 aromatic heterocycles. The minimum absolute atomic E-state index is 0.0746. The first-order chi connectivity index (χ1) is 17.1. The third-order valence-electron chi connectivity index (χ3n) is 5.26. The van der Waals surface area contributed by atoms with E-state index in [-0.39, 0.29) is 34.7 Å². The molecule has 0 aliphatic heterocycles. The van der Waals surface area contributed by atoms with E-state index >= 15 is 0 Å². The standard InChI is InChI=1S/C23H15F3N4O5S/c24-23(25,26)15-12-18(29(32)33)20(19(13-15)30(34)35)36-22-27-17-9-5-4-8-16(17)21(31)28(22)11-10-14-6-2-1-3-7-14/h1-9,12-13H,10-11H2. The van der Waals surface area contributed by atoms with E-state index < -0.39 is 43.4 Å². The van der Waals surface area contributed by atoms with Gasteiger partial charge in [-0.2, -0.15) is 13.2 Å². The molecule has 0 bridgehead atoms. The van der Waals surface area contributed by atoms with Gasteiger partial charge in [0.15, 0.2) is 10.1 Å². The van der Waals surface area contributed by atoms with Crippen LogP contribution in [0.3, 0.4) is 0 Å². The van der Waals surface area contributed by atoms with Crippen molar-refractivity contribution in [2.75, 3.05) is 0 Å². The van der Waals surface area contributed by atoms with Crippen LogP contribution in [-0.2, 0) is 19.1 Å². The Kier molecular flexibility index (Phi) is 6.75. The Labute approximate surface area is 204 Å². The quantitative estimate of drug-likeness (QED) is 0.177. The molecular formula is C23H15F3N4O5S. The zero-order valence-corrected chi connectivity index (χ0v) is 19.0. The number of rotatable bonds is 7. The minimum Gasteiger partial charge on any atom is -0.286 e. The summed E-state index contributed by atoms with van der Waals surface area (Å²) in [5.74, 6) is 0. The van der Waals surface area contributed by atoms with Crippen LogP contribution in [0.25, 0.3) is 10.9 Å². The highest BCUT2D eigenvalue weighted by Crippen LogP contribution is 2.44. The first-order valence-corrected chi connectivity index (χ1v) is 11.1. The third kappa shape index (κ3) is 5.05. The lowest BCUT2D eigenvalue weighted by atomic mass is 10.1. The highest BCUT2D eigenvalue weighted by Gasteiger charge is 2.38. The van der Waals surface area contributed by atoms with Crippen molar-refractivity contribution in [1.29, 1.82) is 0 Å². The fraction of sp³-hybridized carbons (Fsp3) is 0.130. The number of nitro groups is 2. The average molecular weight is 516 g/mol. The number of fused-ring (bicyclic) bond motifs is 1. The van der Waals surface area contributed by atoms with E-state index in [2.05, 4.69) is 4.98 Å². The number of aromatic nitrogens is 2. The molecular weight excluding hydrogens is 501 g/mol. The molecule has 0 aliphatic rings. The van der Waals surface area contributed by atoms with E-state index in [4.69, 9.17) is 0 Å². The highest BCUT2D eigenvalue weighted by atomic mass is 32.2. The molecule has 3 aromatic carbocycles. The Bertz CT molecular complexity index is 1510. The summed E-state index contributed by atoms with van der Waals surface area (Å²) in [6.45, 7) is 0.0746. The average Bonchev–Trinajstić information content (AvgIpc) is 2.83. The molecule has 0 unspecified atom stereocenters. The predicted molar refractivity (Wildman–Crippen MR) is 125 cm³/mol. The molecule has 0 spiro atoms. The molecule has 1 heterocycles. The zero-order valence-electron chi connectivity index (χ0n) is 18.1. The van der Waals surface area contributed by atoms with Gasteiger partial charge >= 0.3 is 6.18 Å². The van der Waals surface area contributed by atoms with Crippen LogP contribution in [0.15, 0.2) is 81.6 Å². The van der Waals surface area contributed by atoms with Gasteiger partial charge in [0.25, 0.3) is 16.9 Å². The van der Waals surface area contributed by atoms with Gasteiger partial charge in [0.1, 0.15) is 0 Å². The first kappa shape index (κ1) is 24.9. The summed E-state index contributed by atoms with van der Waals surface area (Å²) in [5, 5.41) is 23.4. The van der Waals surface area contributed by atoms with Crippen molar-refractivity contribution in [2.24, 2.45) is 0 Å². The van der Waals surface area contributed by atoms with E-state index in [0.29, 0.717) is 18.2 Å². The predicted octanol–water partition coefficient (Wildman–Crippen LogP) is 5.63. The monoisotopic (exact) mass is 516 g/mol. The van der Waals surface area contributed by atoms with Crippen LogP contribution < -0.4 is 5.56 Å². The fourth-order valence-electron chi connectivity index (χ4n) is 3.54. The van der Waals surface area contributed by atoms with Gasteiger partial charge in [-0.3, -0.25) is 29.6 Å². The molecule has 0 amide bonds. The summed E-state index contributed by atoms with van der Waals surface area (Å²) in [7, 11) is 0. The van der Waals surface area contributed by atoms with Gasteiger partial charge in [-0.05, 0) is 35.9 Å². The van der Waals surface area contributed by atoms with Crippen LogP contribution in [0.5, 0.6) is 0 Å². The SMILES string of the molecule is O=c1c2ccccc2nc(Sc2c([N+](=O)[O-])cc(C(F)(F)F)cc2[N+](=O)[O-])n1CCc1ccccc1. The number of benzene rings is 3. The van der Waals surface area contributed by atoms with Gasteiger partial charge < -0.3 is 0 Å². The second-order valence-electron chi connectivity index (χ2n) is 7.56. The topological polar surface area (TPSA) is 121 Å². The number of nitro benzene ring substituents is 2. The van der Waals surface area contributed by atoms with Crippen molar-refractivity contribution in [3.05, 3.63) is 108 Å². The van der Waals surface area contributed by atoms with Gasteiger partial charge in [0.2, 0.25) is 0 Å². The zero-order chi connectivity index (χ0) is 26.0. The van der Waals surface area contributed by atoms with E-state index in [9.17, 15) is 38.2 Å². The van der Waals surface area contributed by atoms with Crippen LogP contribution in [0.1, 0.15) is 11.1 Å². The maximum atomic E-state index is 13.3. The molecule has 0 radical (unpaired) electrons. The van der Waals surface area contributed by atoms with E-state index in [1.807, 2.05) is 18.2 Å². The number of alkyl halides is 3. The second-order valence-corrected chi connectivity index (χ2v) is 8.54. The molecule has 0 aliphatic carbocycles. The molecule has 4 rings (SSSR count). The Morgan fingerprint density at radius 2 is 1.50 bits per heavy atom. The smallest absolute Gasteiger partial charge is 0.286 e. The normalized spacial score (nSPS) is 11.5. The molecule has 36 heavy (non-hydrogen) atoms. The van der Waals surface area contributed by atoms with Crippen LogP contribution >= 0.6 is 11.8 Å². The molecule has 0 fully saturated rings. The number of halogens is 3. The van der Waals surface area contributed by atoms with Gasteiger partial charge in [-0.1, -0.05) is 42.5 Å². The van der Waals surface area contributed by atoms with Crippen LogP contribution in [0, 0.1) is 20.2 Å². The lowest BCUT2D eigenvalue weighted by molar-refractivity contribution is -0.400. The largest absolute Gasteiger partial charge is 0.416 e. The molecule has 9 nitrogen and oxygen atoms in total. The van der Waals surface area contributed by atoms with Gasteiger partial charge in [-0.15, -0.1) is 0 Å². The van der Waals surface area contributed by atoms with Crippen molar-refractivity contribution < 1.29 is 23.0 Å². The van der Waals surface area contributed by atoms with Crippen molar-refractivity contribution in [1.82, 2.24) is 9.55 Å². The maximum Gasteiger partial charge on any atom is 0.416 e. The first-order valence-electron chi connectivity index (χ1n) is 10.3. The van der Waals surface area contributed by atoms with Crippen molar-refractivity contribution >= 4 is 34.0 Å². The van der Waals surface area contributed by atoms with Crippen LogP contribution in [0.2, 0.25) is 0 Å². The van der Waals surface area contributed by atoms with Crippen LogP contribution in [-0.4, -0.2) is 19.4 Å². The Balaban J connectivity index is 1.90. The molecule has 0 saturated heterocycles. The summed E-state index contributed by atoms with van der Waals surface area (Å²) in [5.41, 5.74) is -3.13. The van der Waals surface area contributed by atoms with E-state index in [0.717, 1.165) is 5.56 Å². The minimum atomic E-state index is -5.04. The number of para-hydroxylation sites is 1. The number of aryl methyl sites for hydroxylation is 1. The summed E-state index contributed by atoms with van der Waals surface area (Å²) in [4.78, 5) is 38.0. The van der Waals surface area contributed by atoms with E-state index in [1.165, 1.54) is 10.6 Å². The Hall–Kier alpha value is -4.26. The van der Waals surface area contributed by atoms with Crippen molar-refractivity contribution in [2.45, 2.75) is 29.2 Å². The van der Waals surface area contributed by atoms with Crippen LogP contribution in [0.4, 0.5) is 24.5 Å². The maximum absolute atomic E-state index is 13.3. The molecule has 0 atom stereocenters. The van der Waals surface area contributed by atoms with Gasteiger partial charge in [-0.25, -0.2) is 4.98 Å².